The number of urea groups is 1. The number of carbonyl (C=O) groups excluding carboxylic acids is 3. The van der Waals surface area contributed by atoms with Crippen molar-refractivity contribution in [2.45, 2.75) is 20.3 Å². The first-order chi connectivity index (χ1) is 27.0. The van der Waals surface area contributed by atoms with Gasteiger partial charge in [-0.15, -0.1) is 0 Å². The number of nitrogens with zero attached hydrogens (tertiary/aromatic N) is 2. The van der Waals surface area contributed by atoms with Crippen LogP contribution in [0, 0.1) is 0 Å². The van der Waals surface area contributed by atoms with E-state index < -0.39 is 90.0 Å². The minimum absolute atomic E-state index is 0. The summed E-state index contributed by atoms with van der Waals surface area (Å²) in [4.78, 5) is 45.2. The van der Waals surface area contributed by atoms with Crippen LogP contribution in [0.1, 0.15) is 53.5 Å². The quantitative estimate of drug-likeness (QED) is 0.122. The van der Waals surface area contributed by atoms with Crippen LogP contribution in [-0.4, -0.2) is 81.2 Å². The fourth-order valence-corrected chi connectivity index (χ4v) is 9.41. The number of fused-ring (bicyclic) bond motifs is 2. The van der Waals surface area contributed by atoms with Crippen LogP contribution in [0.2, 0.25) is 0 Å². The molecule has 27 heteroatoms. The molecule has 2 aliphatic rings. The number of hydrogen-bond donors (Lipinski definition) is 2. The second kappa shape index (κ2) is 22.0. The molecular formula is C35H22N4Na4O15S4. The summed E-state index contributed by atoms with van der Waals surface area (Å²) in [5.41, 5.74) is -2.96. The Hall–Kier alpha value is -2.05. The Labute approximate surface area is 443 Å². The maximum atomic E-state index is 13.2. The monoisotopic (exact) mass is 958 g/mol. The Balaban J connectivity index is 0.00000331. The number of rotatable bonds is 8. The van der Waals surface area contributed by atoms with Crippen molar-refractivity contribution in [2.24, 2.45) is 9.98 Å². The molecule has 2 N–H and O–H groups in total. The zero-order chi connectivity index (χ0) is 42.4. The van der Waals surface area contributed by atoms with Crippen LogP contribution in [0.4, 0.5) is 16.2 Å². The van der Waals surface area contributed by atoms with E-state index in [2.05, 4.69) is 20.6 Å². The zero-order valence-corrected chi connectivity index (χ0v) is 44.0. The third kappa shape index (κ3) is 13.1. The largest absolute Gasteiger partial charge is 1.00 e. The predicted molar refractivity (Wildman–Crippen MR) is 201 cm³/mol. The van der Waals surface area contributed by atoms with E-state index >= 15 is 0 Å². The normalized spacial score (nSPS) is 16.8. The summed E-state index contributed by atoms with van der Waals surface area (Å²) in [6, 6.07) is 15.5. The Morgan fingerprint density at radius 2 is 0.823 bits per heavy atom. The van der Waals surface area contributed by atoms with Crippen molar-refractivity contribution >= 4 is 93.3 Å². The fraction of sp³-hybridized carbons (Fsp3) is 0.0571. The molecule has 0 fully saturated rings. The average Bonchev–Trinajstić information content (AvgIpc) is 3.12. The maximum absolute atomic E-state index is 13.2. The predicted octanol–water partition coefficient (Wildman–Crippen LogP) is -9.06. The Morgan fingerprint density at radius 1 is 0.484 bits per heavy atom. The molecule has 6 rings (SSSR count). The molecule has 0 spiro atoms. The molecule has 0 heterocycles. The maximum Gasteiger partial charge on any atom is 1.00 e. The van der Waals surface area contributed by atoms with Crippen molar-refractivity contribution in [1.82, 2.24) is 0 Å². The number of nitrogens with one attached hydrogen (secondary N) is 2. The summed E-state index contributed by atoms with van der Waals surface area (Å²) < 4.78 is 144. The summed E-state index contributed by atoms with van der Waals surface area (Å²) in [5.74, 6) is -2.14. The van der Waals surface area contributed by atoms with E-state index in [-0.39, 0.29) is 163 Å². The van der Waals surface area contributed by atoms with Crippen LogP contribution in [0.5, 0.6) is 0 Å². The number of aliphatic imine (C=N–C) groups is 2. The van der Waals surface area contributed by atoms with E-state index in [1.165, 1.54) is 36.4 Å². The smallest absolute Gasteiger partial charge is 0.747 e. The van der Waals surface area contributed by atoms with E-state index in [9.17, 15) is 66.3 Å². The van der Waals surface area contributed by atoms with Crippen LogP contribution in [0.3, 0.4) is 0 Å². The number of amides is 4. The minimum atomic E-state index is -5.32. The van der Waals surface area contributed by atoms with Gasteiger partial charge in [-0.05, 0) is 82.9 Å². The second-order valence-electron chi connectivity index (χ2n) is 12.3. The Bertz CT molecular complexity index is 2850. The molecule has 2 aliphatic carbocycles. The van der Waals surface area contributed by atoms with Gasteiger partial charge < -0.3 is 28.8 Å². The molecule has 300 valence electrons. The van der Waals surface area contributed by atoms with Crippen LogP contribution < -0.4 is 129 Å². The molecule has 0 aliphatic heterocycles. The van der Waals surface area contributed by atoms with Gasteiger partial charge in [-0.2, -0.15) is 0 Å². The number of hydrogen-bond acceptors (Lipinski definition) is 15. The average molecular weight is 959 g/mol. The third-order valence-corrected chi connectivity index (χ3v) is 12.4. The van der Waals surface area contributed by atoms with E-state index in [0.29, 0.717) is 0 Å². The van der Waals surface area contributed by atoms with E-state index in [4.69, 9.17) is 0 Å². The molecule has 0 radical (unpaired) electrons. The van der Waals surface area contributed by atoms with Crippen LogP contribution in [-0.2, 0) is 40.5 Å². The molecule has 2 atom stereocenters. The van der Waals surface area contributed by atoms with E-state index in [0.717, 1.165) is 72.8 Å². The number of benzene rings is 4. The molecule has 4 aromatic carbocycles. The van der Waals surface area contributed by atoms with E-state index in [1.54, 1.807) is 0 Å². The Morgan fingerprint density at radius 3 is 1.15 bits per heavy atom. The van der Waals surface area contributed by atoms with Gasteiger partial charge in [0.1, 0.15) is 51.0 Å². The van der Waals surface area contributed by atoms with Crippen molar-refractivity contribution in [3.05, 3.63) is 130 Å². The number of anilines is 2. The first kappa shape index (κ1) is 56.1. The molecule has 0 saturated heterocycles. The second-order valence-corrected chi connectivity index (χ2v) is 17.9. The van der Waals surface area contributed by atoms with Gasteiger partial charge in [0.15, 0.2) is 0 Å². The molecule has 62 heavy (non-hydrogen) atoms. The summed E-state index contributed by atoms with van der Waals surface area (Å²) in [5, 5.41) is 0.577. The topological polar surface area (TPSA) is 329 Å². The van der Waals surface area contributed by atoms with Gasteiger partial charge in [0.2, 0.25) is 0 Å². The molecule has 4 amide bonds. The van der Waals surface area contributed by atoms with Crippen molar-refractivity contribution in [2.75, 3.05) is 10.6 Å². The van der Waals surface area contributed by atoms with Crippen molar-refractivity contribution < 1.29 is 184 Å². The Kier molecular flexibility index (Phi) is 19.9. The van der Waals surface area contributed by atoms with Gasteiger partial charge >= 0.3 is 124 Å². The standard InChI is InChI=1S/C35H26N4O15S4.4Na/c40-33(38-27-15-13-23-25(31(27)57(49,50)51)9-3-11-29(23)55(43,44)45)19-5-1-7-21(17-19)36-35(42)37-22-8-2-6-20(18-22)34(41)39-28-16-14-24-26(32(28)58(52,53)54)10-4-12-30(24)56(46,47)48;;;;/h1-18,31-32H,(H2,36,37,42)(H,43,44,45)(H,46,47,48)(H,49,50,51)(H,52,53,54);;;;/q;4*+1/p-4. The van der Waals surface area contributed by atoms with Gasteiger partial charge in [-0.3, -0.25) is 9.59 Å². The molecular weight excluding hydrogens is 937 g/mol. The van der Waals surface area contributed by atoms with Gasteiger partial charge in [0, 0.05) is 22.5 Å². The first-order valence-electron chi connectivity index (χ1n) is 16.0. The summed E-state index contributed by atoms with van der Waals surface area (Å²) >= 11 is 0. The number of carbonyl (C=O) groups is 3. The van der Waals surface area contributed by atoms with Crippen molar-refractivity contribution in [3.8, 4) is 0 Å². The van der Waals surface area contributed by atoms with Gasteiger partial charge in [-0.1, -0.05) is 48.6 Å². The summed E-state index contributed by atoms with van der Waals surface area (Å²) in [6.45, 7) is 0. The summed E-state index contributed by atoms with van der Waals surface area (Å²) in [7, 11) is -20.8. The van der Waals surface area contributed by atoms with Crippen LogP contribution in [0.25, 0.3) is 12.2 Å². The van der Waals surface area contributed by atoms with Crippen LogP contribution >= 0.6 is 0 Å². The molecule has 0 bridgehead atoms. The van der Waals surface area contributed by atoms with Crippen molar-refractivity contribution in [1.29, 1.82) is 0 Å². The van der Waals surface area contributed by atoms with Crippen LogP contribution in [0.15, 0.2) is 117 Å². The third-order valence-electron chi connectivity index (χ3n) is 8.46. The molecule has 0 aromatic heterocycles. The SMILES string of the molecule is O=C(Nc1cccc(C(=O)N=C2C=Cc3c(cccc3S(=O)(=O)[O-])C2S(=O)(=O)[O-])c1)Nc1cccc(C(=O)N=C2C=Cc3c(cccc3S(=O)(=O)[O-])C2S(=O)(=O)[O-])c1.[Na+].[Na+].[Na+].[Na+]. The van der Waals surface area contributed by atoms with Gasteiger partial charge in [0.25, 0.3) is 11.8 Å². The molecule has 19 nitrogen and oxygen atoms in total. The molecule has 4 aromatic rings. The minimum Gasteiger partial charge on any atom is -0.747 e. The van der Waals surface area contributed by atoms with Gasteiger partial charge in [-0.25, -0.2) is 48.5 Å². The fourth-order valence-electron chi connectivity index (χ4n) is 6.12. The van der Waals surface area contributed by atoms with Gasteiger partial charge in [0.05, 0.1) is 21.2 Å². The zero-order valence-electron chi connectivity index (χ0n) is 32.7. The molecule has 2 unspecified atom stereocenters. The number of allylic oxidation sites excluding steroid dienone is 2. The molecule has 0 saturated carbocycles. The van der Waals surface area contributed by atoms with E-state index in [1.807, 2.05) is 0 Å². The summed E-state index contributed by atoms with van der Waals surface area (Å²) in [6.07, 6.45) is 3.91. The van der Waals surface area contributed by atoms with Crippen molar-refractivity contribution in [3.63, 3.8) is 0 Å². The first-order valence-corrected chi connectivity index (χ1v) is 21.8.